The zero-order chi connectivity index (χ0) is 29.8. The number of aliphatic hydroxyl groups is 1. The smallest absolute Gasteiger partial charge is 0.453 e. The van der Waals surface area contributed by atoms with Crippen molar-refractivity contribution < 1.29 is 36.4 Å². The van der Waals surface area contributed by atoms with Crippen LogP contribution in [0, 0.1) is 23.2 Å². The van der Waals surface area contributed by atoms with Crippen LogP contribution in [0.4, 0.5) is 22.0 Å². The molecular formula is C32H47F5O3S. The van der Waals surface area contributed by atoms with E-state index in [4.69, 9.17) is 0 Å². The van der Waals surface area contributed by atoms with Crippen molar-refractivity contribution in [3.05, 3.63) is 29.3 Å². The molecule has 2 fully saturated rings. The fourth-order valence-corrected chi connectivity index (χ4v) is 9.48. The monoisotopic (exact) mass is 606 g/mol. The lowest BCUT2D eigenvalue weighted by Crippen LogP contribution is -2.47. The van der Waals surface area contributed by atoms with Gasteiger partial charge in [0.1, 0.15) is 5.75 Å². The average molecular weight is 607 g/mol. The van der Waals surface area contributed by atoms with Crippen molar-refractivity contribution in [2.45, 2.75) is 127 Å². The first-order valence-corrected chi connectivity index (χ1v) is 17.1. The van der Waals surface area contributed by atoms with Gasteiger partial charge in [-0.1, -0.05) is 51.5 Å². The number of alkyl halides is 5. The molecule has 2 N–H and O–H groups in total. The molecule has 41 heavy (non-hydrogen) atoms. The second-order valence-electron chi connectivity index (χ2n) is 13.2. The Hall–Kier alpha value is -1.22. The Morgan fingerprint density at radius 1 is 0.927 bits per heavy atom. The molecule has 0 radical (unpaired) electrons. The van der Waals surface area contributed by atoms with Gasteiger partial charge in [-0.15, -0.1) is 0 Å². The number of hydrogen-bond donors (Lipinski definition) is 2. The summed E-state index contributed by atoms with van der Waals surface area (Å²) in [5.41, 5.74) is 2.73. The summed E-state index contributed by atoms with van der Waals surface area (Å²) in [6.07, 6.45) is 5.97. The second-order valence-corrected chi connectivity index (χ2v) is 14.9. The van der Waals surface area contributed by atoms with E-state index < -0.39 is 35.7 Å². The molecule has 0 heterocycles. The van der Waals surface area contributed by atoms with E-state index in [-0.39, 0.29) is 17.3 Å². The highest BCUT2D eigenvalue weighted by Gasteiger charge is 2.57. The van der Waals surface area contributed by atoms with Gasteiger partial charge in [0, 0.05) is 28.7 Å². The average Bonchev–Trinajstić information content (AvgIpc) is 3.20. The van der Waals surface area contributed by atoms with E-state index in [1.807, 2.05) is 12.1 Å². The van der Waals surface area contributed by atoms with Gasteiger partial charge in [-0.3, -0.25) is 4.21 Å². The molecule has 4 rings (SSSR count). The van der Waals surface area contributed by atoms with Crippen LogP contribution in [0.25, 0.3) is 0 Å². The van der Waals surface area contributed by atoms with Crippen LogP contribution < -0.4 is 0 Å². The zero-order valence-corrected chi connectivity index (χ0v) is 25.1. The van der Waals surface area contributed by atoms with Crippen molar-refractivity contribution in [2.24, 2.45) is 23.2 Å². The molecule has 0 aromatic heterocycles. The predicted molar refractivity (Wildman–Crippen MR) is 153 cm³/mol. The first kappa shape index (κ1) is 32.7. The van der Waals surface area contributed by atoms with E-state index in [0.717, 1.165) is 77.0 Å². The molecule has 3 aliphatic carbocycles. The van der Waals surface area contributed by atoms with Gasteiger partial charge in [0.05, 0.1) is 6.10 Å². The standard InChI is InChI=1S/C32H47F5O3S/c1-30-17-15-26-25-12-11-24(38)21-23(25)20-22(29(26)27(30)13-14-28(30)39)10-7-5-3-2-4-6-8-18-41(40)19-9-16-31(33,34)32(35,36)37/h11-12,21-22,26-29,38-39H,2-10,13-20H2,1H3/t22-,26-,27+,28+,29+,30-,41+/m1/s1. The van der Waals surface area contributed by atoms with Gasteiger partial charge in [0.15, 0.2) is 0 Å². The molecule has 234 valence electrons. The fourth-order valence-electron chi connectivity index (χ4n) is 8.28. The van der Waals surface area contributed by atoms with Crippen LogP contribution in [0.3, 0.4) is 0 Å². The van der Waals surface area contributed by atoms with Crippen molar-refractivity contribution >= 4 is 10.8 Å². The largest absolute Gasteiger partial charge is 0.508 e. The number of phenols is 1. The third-order valence-electron chi connectivity index (χ3n) is 10.6. The maximum atomic E-state index is 13.0. The first-order valence-electron chi connectivity index (χ1n) is 15.6. The Morgan fingerprint density at radius 3 is 2.29 bits per heavy atom. The van der Waals surface area contributed by atoms with Crippen molar-refractivity contribution in [2.75, 3.05) is 11.5 Å². The van der Waals surface area contributed by atoms with Crippen LogP contribution in [0.2, 0.25) is 0 Å². The van der Waals surface area contributed by atoms with Gasteiger partial charge in [-0.05, 0) is 104 Å². The summed E-state index contributed by atoms with van der Waals surface area (Å²) in [5.74, 6) is -1.91. The van der Waals surface area contributed by atoms with Crippen LogP contribution in [0.15, 0.2) is 18.2 Å². The van der Waals surface area contributed by atoms with Crippen molar-refractivity contribution in [3.63, 3.8) is 0 Å². The number of benzene rings is 1. The van der Waals surface area contributed by atoms with Gasteiger partial charge in [-0.2, -0.15) is 22.0 Å². The number of aliphatic hydroxyl groups excluding tert-OH is 1. The highest BCUT2D eigenvalue weighted by Crippen LogP contribution is 2.62. The summed E-state index contributed by atoms with van der Waals surface area (Å²) in [4.78, 5) is 0. The third kappa shape index (κ3) is 7.66. The van der Waals surface area contributed by atoms with Crippen LogP contribution in [-0.2, 0) is 17.2 Å². The van der Waals surface area contributed by atoms with Gasteiger partial charge >= 0.3 is 12.1 Å². The quantitative estimate of drug-likeness (QED) is 0.165. The molecular weight excluding hydrogens is 559 g/mol. The van der Waals surface area contributed by atoms with Crippen LogP contribution in [0.1, 0.15) is 114 Å². The molecule has 2 saturated carbocycles. The number of phenolic OH excluding ortho intramolecular Hbond substituents is 1. The minimum Gasteiger partial charge on any atom is -0.508 e. The third-order valence-corrected chi connectivity index (χ3v) is 12.0. The maximum Gasteiger partial charge on any atom is 0.453 e. The number of fused-ring (bicyclic) bond motifs is 5. The molecule has 1 aromatic carbocycles. The van der Waals surface area contributed by atoms with Crippen LogP contribution in [-0.4, -0.2) is 44.1 Å². The molecule has 3 aliphatic rings. The molecule has 0 bridgehead atoms. The van der Waals surface area contributed by atoms with Gasteiger partial charge in [0.2, 0.25) is 0 Å². The Labute approximate surface area is 244 Å². The summed E-state index contributed by atoms with van der Waals surface area (Å²) in [5, 5.41) is 21.0. The van der Waals surface area contributed by atoms with Crippen molar-refractivity contribution in [3.8, 4) is 5.75 Å². The summed E-state index contributed by atoms with van der Waals surface area (Å²) in [6, 6.07) is 5.92. The molecule has 0 amide bonds. The van der Waals surface area contributed by atoms with Crippen molar-refractivity contribution in [1.29, 1.82) is 0 Å². The van der Waals surface area contributed by atoms with E-state index >= 15 is 0 Å². The lowest BCUT2D eigenvalue weighted by atomic mass is 9.52. The summed E-state index contributed by atoms with van der Waals surface area (Å²) < 4.78 is 74.5. The minimum absolute atomic E-state index is 0.0195. The lowest BCUT2D eigenvalue weighted by Gasteiger charge is -2.53. The maximum absolute atomic E-state index is 13.0. The molecule has 0 unspecified atom stereocenters. The molecule has 9 heteroatoms. The fraction of sp³-hybridized carbons (Fsp3) is 0.812. The highest BCUT2D eigenvalue weighted by atomic mass is 32.2. The number of unbranched alkanes of at least 4 members (excludes halogenated alkanes) is 6. The van der Waals surface area contributed by atoms with E-state index in [1.165, 1.54) is 11.1 Å². The Balaban J connectivity index is 1.15. The minimum atomic E-state index is -5.54. The Morgan fingerprint density at radius 2 is 1.59 bits per heavy atom. The van der Waals surface area contributed by atoms with Gasteiger partial charge < -0.3 is 10.2 Å². The topological polar surface area (TPSA) is 57.5 Å². The zero-order valence-electron chi connectivity index (χ0n) is 24.2. The Bertz CT molecular complexity index is 1030. The van der Waals surface area contributed by atoms with Gasteiger partial charge in [-0.25, -0.2) is 0 Å². The van der Waals surface area contributed by atoms with Crippen LogP contribution in [0.5, 0.6) is 5.75 Å². The molecule has 0 spiro atoms. The molecule has 7 atom stereocenters. The molecule has 0 saturated heterocycles. The predicted octanol–water partition coefficient (Wildman–Crippen LogP) is 8.68. The van der Waals surface area contributed by atoms with E-state index in [2.05, 4.69) is 13.0 Å². The highest BCUT2D eigenvalue weighted by molar-refractivity contribution is 7.84. The van der Waals surface area contributed by atoms with E-state index in [1.54, 1.807) is 0 Å². The molecule has 0 aliphatic heterocycles. The lowest BCUT2D eigenvalue weighted by molar-refractivity contribution is -0.284. The number of rotatable bonds is 14. The molecule has 1 aromatic rings. The number of aromatic hydroxyl groups is 1. The molecule has 3 nitrogen and oxygen atoms in total. The summed E-state index contributed by atoms with van der Waals surface area (Å²) in [7, 11) is -1.35. The summed E-state index contributed by atoms with van der Waals surface area (Å²) >= 11 is 0. The van der Waals surface area contributed by atoms with Gasteiger partial charge in [0.25, 0.3) is 0 Å². The normalized spacial score (nSPS) is 30.5. The Kier molecular flexibility index (Phi) is 10.8. The number of hydrogen-bond acceptors (Lipinski definition) is 3. The number of halogens is 5. The second kappa shape index (κ2) is 13.6. The van der Waals surface area contributed by atoms with E-state index in [0.29, 0.717) is 41.6 Å². The van der Waals surface area contributed by atoms with Crippen LogP contribution >= 0.6 is 0 Å². The first-order chi connectivity index (χ1) is 19.3. The van der Waals surface area contributed by atoms with E-state index in [9.17, 15) is 36.4 Å². The van der Waals surface area contributed by atoms with Crippen molar-refractivity contribution in [1.82, 2.24) is 0 Å². The summed E-state index contributed by atoms with van der Waals surface area (Å²) in [6.45, 7) is 2.30. The SMILES string of the molecule is C[C@@]12CC[C@@H]3c4ccc(O)cc4C[C@@H](CCCCCCCCC[S@](=O)CCCC(F)(F)C(F)(F)F)[C@@H]3[C@@H]1CC[C@@H]2O.